The highest BCUT2D eigenvalue weighted by molar-refractivity contribution is 5.21. The van der Waals surface area contributed by atoms with Crippen molar-refractivity contribution in [3.8, 4) is 0 Å². The van der Waals surface area contributed by atoms with Crippen LogP contribution in [0.4, 0.5) is 0 Å². The van der Waals surface area contributed by atoms with Crippen molar-refractivity contribution in [2.45, 2.75) is 26.7 Å². The van der Waals surface area contributed by atoms with E-state index >= 15 is 0 Å². The molecule has 0 fully saturated rings. The fourth-order valence-electron chi connectivity index (χ4n) is 1.04. The van der Waals surface area contributed by atoms with Crippen LogP contribution in [0.25, 0.3) is 0 Å². The van der Waals surface area contributed by atoms with Gasteiger partial charge in [-0.05, 0) is 18.9 Å². The Morgan fingerprint density at radius 3 is 2.30 bits per heavy atom. The van der Waals surface area contributed by atoms with Crippen molar-refractivity contribution in [3.63, 3.8) is 0 Å². The van der Waals surface area contributed by atoms with Crippen LogP contribution in [0.15, 0.2) is 24.3 Å². The summed E-state index contributed by atoms with van der Waals surface area (Å²) in [5.74, 6) is 0. The van der Waals surface area contributed by atoms with E-state index in [0.29, 0.717) is 0 Å². The molecule has 0 heteroatoms. The maximum atomic E-state index is 2.21. The lowest BCUT2D eigenvalue weighted by molar-refractivity contribution is 0.921. The van der Waals surface area contributed by atoms with Crippen molar-refractivity contribution in [2.24, 2.45) is 0 Å². The quantitative estimate of drug-likeness (QED) is 0.585. The van der Waals surface area contributed by atoms with E-state index in [1.165, 1.54) is 24.0 Å². The van der Waals surface area contributed by atoms with Gasteiger partial charge in [-0.1, -0.05) is 43.2 Å². The van der Waals surface area contributed by atoms with Crippen molar-refractivity contribution in [1.82, 2.24) is 0 Å². The third-order valence-electron chi connectivity index (χ3n) is 1.66. The molecule has 0 bridgehead atoms. The van der Waals surface area contributed by atoms with Crippen molar-refractivity contribution in [2.75, 3.05) is 0 Å². The molecule has 1 rings (SSSR count). The van der Waals surface area contributed by atoms with Crippen molar-refractivity contribution < 1.29 is 1.43 Å². The van der Waals surface area contributed by atoms with Gasteiger partial charge in [0, 0.05) is 1.43 Å². The zero-order chi connectivity index (χ0) is 7.40. The minimum absolute atomic E-state index is 0. The van der Waals surface area contributed by atoms with E-state index < -0.39 is 0 Å². The molecule has 56 valence electrons. The van der Waals surface area contributed by atoms with Gasteiger partial charge in [0.2, 0.25) is 0 Å². The molecule has 0 radical (unpaired) electrons. The average molecular weight is 136 g/mol. The Labute approximate surface area is 64.4 Å². The Kier molecular flexibility index (Phi) is 2.49. The summed E-state index contributed by atoms with van der Waals surface area (Å²) in [5, 5.41) is 0. The molecule has 0 saturated carbocycles. The molecule has 0 aromatic heterocycles. The topological polar surface area (TPSA) is 0 Å². The van der Waals surface area contributed by atoms with Crippen LogP contribution in [-0.2, 0) is 6.42 Å². The Morgan fingerprint density at radius 2 is 1.80 bits per heavy atom. The van der Waals surface area contributed by atoms with E-state index in [0.717, 1.165) is 0 Å². The molecule has 0 nitrogen and oxygen atoms in total. The maximum Gasteiger partial charge on any atom is 0 e. The summed E-state index contributed by atoms with van der Waals surface area (Å²) in [6.07, 6.45) is 2.45. The third kappa shape index (κ3) is 1.87. The van der Waals surface area contributed by atoms with Gasteiger partial charge in [0.15, 0.2) is 0 Å². The normalized spacial score (nSPS) is 9.80. The Hall–Kier alpha value is -0.780. The first-order chi connectivity index (χ1) is 4.83. The van der Waals surface area contributed by atoms with Crippen LogP contribution in [0.2, 0.25) is 0 Å². The number of aryl methyl sites for hydroxylation is 2. The molecule has 0 heterocycles. The SMILES string of the molecule is CCCc1ccc(C)cc1.[HH]. The zero-order valence-electron chi connectivity index (χ0n) is 6.72. The molecular weight excluding hydrogens is 120 g/mol. The monoisotopic (exact) mass is 136 g/mol. The highest BCUT2D eigenvalue weighted by Crippen LogP contribution is 2.04. The minimum Gasteiger partial charge on any atom is -0.0651 e. The number of hydrogen-bond acceptors (Lipinski definition) is 0. The average Bonchev–Trinajstić information content (AvgIpc) is 1.95. The summed E-state index contributed by atoms with van der Waals surface area (Å²) < 4.78 is 0. The van der Waals surface area contributed by atoms with Gasteiger partial charge in [-0.2, -0.15) is 0 Å². The molecule has 0 atom stereocenters. The van der Waals surface area contributed by atoms with Gasteiger partial charge in [0.25, 0.3) is 0 Å². The highest BCUT2D eigenvalue weighted by Gasteiger charge is 1.87. The van der Waals surface area contributed by atoms with Crippen LogP contribution < -0.4 is 0 Å². The lowest BCUT2D eigenvalue weighted by Crippen LogP contribution is -1.81. The second-order valence-electron chi connectivity index (χ2n) is 2.74. The van der Waals surface area contributed by atoms with E-state index in [1.54, 1.807) is 0 Å². The molecule has 0 amide bonds. The first-order valence-corrected chi connectivity index (χ1v) is 3.88. The highest BCUT2D eigenvalue weighted by atomic mass is 13.9. The lowest BCUT2D eigenvalue weighted by atomic mass is 10.1. The second-order valence-corrected chi connectivity index (χ2v) is 2.74. The number of hydrogen-bond donors (Lipinski definition) is 0. The zero-order valence-corrected chi connectivity index (χ0v) is 6.72. The van der Waals surface area contributed by atoms with E-state index in [4.69, 9.17) is 0 Å². The summed E-state index contributed by atoms with van der Waals surface area (Å²) in [6.45, 7) is 4.33. The van der Waals surface area contributed by atoms with Crippen LogP contribution in [0.3, 0.4) is 0 Å². The van der Waals surface area contributed by atoms with Gasteiger partial charge in [0.05, 0.1) is 0 Å². The van der Waals surface area contributed by atoms with Crippen molar-refractivity contribution >= 4 is 0 Å². The van der Waals surface area contributed by atoms with E-state index in [9.17, 15) is 0 Å². The molecule has 0 aliphatic heterocycles. The molecular formula is C10H16. The third-order valence-corrected chi connectivity index (χ3v) is 1.66. The van der Waals surface area contributed by atoms with Crippen molar-refractivity contribution in [1.29, 1.82) is 0 Å². The van der Waals surface area contributed by atoms with Crippen LogP contribution >= 0.6 is 0 Å². The van der Waals surface area contributed by atoms with Gasteiger partial charge in [-0.3, -0.25) is 0 Å². The second kappa shape index (κ2) is 3.40. The number of benzene rings is 1. The van der Waals surface area contributed by atoms with Crippen LogP contribution in [0.1, 0.15) is 25.9 Å². The van der Waals surface area contributed by atoms with Crippen molar-refractivity contribution in [3.05, 3.63) is 35.4 Å². The molecule has 1 aromatic rings. The molecule has 0 aliphatic rings. The predicted octanol–water partition coefficient (Wildman–Crippen LogP) is 3.19. The molecule has 1 aromatic carbocycles. The fourth-order valence-corrected chi connectivity index (χ4v) is 1.04. The smallest absolute Gasteiger partial charge is 0 e. The molecule has 0 aliphatic carbocycles. The minimum atomic E-state index is 0. The first-order valence-electron chi connectivity index (χ1n) is 3.88. The van der Waals surface area contributed by atoms with Gasteiger partial charge < -0.3 is 0 Å². The Bertz CT molecular complexity index is 189. The summed E-state index contributed by atoms with van der Waals surface area (Å²) in [4.78, 5) is 0. The summed E-state index contributed by atoms with van der Waals surface area (Å²) in [5.41, 5.74) is 2.80. The Morgan fingerprint density at radius 1 is 1.20 bits per heavy atom. The largest absolute Gasteiger partial charge is 0.0651 e. The lowest BCUT2D eigenvalue weighted by Gasteiger charge is -1.97. The summed E-state index contributed by atoms with van der Waals surface area (Å²) in [6, 6.07) is 8.76. The molecule has 0 saturated heterocycles. The van der Waals surface area contributed by atoms with Gasteiger partial charge in [-0.25, -0.2) is 0 Å². The standard InChI is InChI=1S/C10H14.H2/c1-3-4-10-7-5-9(2)6-8-10;/h5-8H,3-4H2,1-2H3;1H. The fraction of sp³-hybridized carbons (Fsp3) is 0.400. The number of rotatable bonds is 2. The van der Waals surface area contributed by atoms with E-state index in [-0.39, 0.29) is 1.43 Å². The summed E-state index contributed by atoms with van der Waals surface area (Å²) in [7, 11) is 0. The van der Waals surface area contributed by atoms with Gasteiger partial charge in [-0.15, -0.1) is 0 Å². The molecule has 10 heavy (non-hydrogen) atoms. The maximum absolute atomic E-state index is 2.21. The Balaban J connectivity index is 0.000001000. The predicted molar refractivity (Wildman–Crippen MR) is 47.3 cm³/mol. The van der Waals surface area contributed by atoms with E-state index in [1.807, 2.05) is 0 Å². The molecule has 0 unspecified atom stereocenters. The van der Waals surface area contributed by atoms with Crippen LogP contribution in [0, 0.1) is 6.92 Å². The van der Waals surface area contributed by atoms with Crippen LogP contribution in [0.5, 0.6) is 0 Å². The van der Waals surface area contributed by atoms with E-state index in [2.05, 4.69) is 38.1 Å². The molecule has 0 spiro atoms. The molecule has 0 N–H and O–H groups in total. The first kappa shape index (κ1) is 7.33. The van der Waals surface area contributed by atoms with Gasteiger partial charge >= 0.3 is 0 Å². The summed E-state index contributed by atoms with van der Waals surface area (Å²) >= 11 is 0. The van der Waals surface area contributed by atoms with Gasteiger partial charge in [0.1, 0.15) is 0 Å². The van der Waals surface area contributed by atoms with Crippen LogP contribution in [-0.4, -0.2) is 0 Å².